The third-order valence-corrected chi connectivity index (χ3v) is 5.04. The van der Waals surface area contributed by atoms with Gasteiger partial charge in [-0.15, -0.1) is 11.3 Å². The molecule has 0 unspecified atom stereocenters. The minimum Gasteiger partial charge on any atom is -0.343 e. The molecule has 2 N–H and O–H groups in total. The van der Waals surface area contributed by atoms with E-state index in [0.29, 0.717) is 5.69 Å². The van der Waals surface area contributed by atoms with Crippen molar-refractivity contribution < 1.29 is 4.79 Å². The monoisotopic (exact) mass is 339 g/mol. The van der Waals surface area contributed by atoms with Gasteiger partial charge < -0.3 is 5.32 Å². The molecule has 2 heterocycles. The topological polar surface area (TPSA) is 57.8 Å². The second kappa shape index (κ2) is 7.45. The first-order chi connectivity index (χ1) is 11.7. The number of aromatic amines is 1. The van der Waals surface area contributed by atoms with Gasteiger partial charge in [0.2, 0.25) is 0 Å². The summed E-state index contributed by atoms with van der Waals surface area (Å²) in [5.41, 5.74) is 3.24. The molecule has 2 aromatic heterocycles. The smallest absolute Gasteiger partial charge is 0.270 e. The average molecular weight is 339 g/mol. The second-order valence-electron chi connectivity index (χ2n) is 5.77. The second-order valence-corrected chi connectivity index (χ2v) is 6.75. The molecule has 24 heavy (non-hydrogen) atoms. The molecule has 1 aromatic carbocycles. The van der Waals surface area contributed by atoms with Crippen molar-refractivity contribution in [1.29, 1.82) is 0 Å². The quantitative estimate of drug-likeness (QED) is 0.683. The number of H-pyrrole nitrogens is 1. The van der Waals surface area contributed by atoms with Gasteiger partial charge in [-0.3, -0.25) is 9.89 Å². The molecule has 124 valence electrons. The summed E-state index contributed by atoms with van der Waals surface area (Å²) in [5.74, 6) is -0.103. The normalized spacial score (nSPS) is 12.1. The minimum atomic E-state index is -0.103. The molecule has 0 aliphatic carbocycles. The Morgan fingerprint density at radius 3 is 2.71 bits per heavy atom. The molecule has 0 radical (unpaired) electrons. The Morgan fingerprint density at radius 1 is 1.25 bits per heavy atom. The molecule has 0 spiro atoms. The molecule has 3 rings (SSSR count). The molecule has 0 bridgehead atoms. The maximum atomic E-state index is 12.7. The van der Waals surface area contributed by atoms with Crippen LogP contribution in [0.15, 0.2) is 47.8 Å². The summed E-state index contributed by atoms with van der Waals surface area (Å²) in [4.78, 5) is 13.9. The maximum Gasteiger partial charge on any atom is 0.270 e. The van der Waals surface area contributed by atoms with Crippen molar-refractivity contribution in [3.05, 3.63) is 64.0 Å². The van der Waals surface area contributed by atoms with Crippen molar-refractivity contribution >= 4 is 17.2 Å². The van der Waals surface area contributed by atoms with E-state index in [1.807, 2.05) is 48.7 Å². The van der Waals surface area contributed by atoms with Crippen molar-refractivity contribution in [1.82, 2.24) is 15.5 Å². The van der Waals surface area contributed by atoms with Gasteiger partial charge in [-0.25, -0.2) is 0 Å². The standard InChI is InChI=1S/C19H21N3OS/c1-3-8-15(16-11-7-12-24-16)20-19(23)18-13(2)17(21-22-18)14-9-5-4-6-10-14/h4-7,9-12,15H,3,8H2,1-2H3,(H,20,23)(H,21,22)/t15-/m1/s1. The van der Waals surface area contributed by atoms with Gasteiger partial charge in [-0.05, 0) is 24.8 Å². The number of hydrogen-bond donors (Lipinski definition) is 2. The summed E-state index contributed by atoms with van der Waals surface area (Å²) >= 11 is 1.67. The van der Waals surface area contributed by atoms with Crippen molar-refractivity contribution in [2.24, 2.45) is 0 Å². The van der Waals surface area contributed by atoms with Crippen molar-refractivity contribution in [3.8, 4) is 11.3 Å². The Balaban J connectivity index is 1.81. The van der Waals surface area contributed by atoms with Crippen LogP contribution in [0, 0.1) is 6.92 Å². The Bertz CT molecular complexity index is 793. The van der Waals surface area contributed by atoms with Crippen LogP contribution < -0.4 is 5.32 Å². The predicted molar refractivity (Wildman–Crippen MR) is 98.2 cm³/mol. The number of thiophene rings is 1. The van der Waals surface area contributed by atoms with Gasteiger partial charge >= 0.3 is 0 Å². The lowest BCUT2D eigenvalue weighted by atomic mass is 10.1. The number of aromatic nitrogens is 2. The van der Waals surface area contributed by atoms with Crippen LogP contribution in [0.4, 0.5) is 0 Å². The lowest BCUT2D eigenvalue weighted by Crippen LogP contribution is -2.28. The highest BCUT2D eigenvalue weighted by Crippen LogP contribution is 2.26. The van der Waals surface area contributed by atoms with E-state index in [1.54, 1.807) is 11.3 Å². The number of hydrogen-bond acceptors (Lipinski definition) is 3. The zero-order chi connectivity index (χ0) is 16.9. The van der Waals surface area contributed by atoms with Crippen LogP contribution >= 0.6 is 11.3 Å². The Hall–Kier alpha value is -2.40. The van der Waals surface area contributed by atoms with Crippen LogP contribution in [-0.4, -0.2) is 16.1 Å². The van der Waals surface area contributed by atoms with Crippen LogP contribution in [0.1, 0.15) is 46.7 Å². The number of carbonyl (C=O) groups excluding carboxylic acids is 1. The van der Waals surface area contributed by atoms with Gasteiger partial charge in [0.1, 0.15) is 5.69 Å². The van der Waals surface area contributed by atoms with Gasteiger partial charge in [-0.2, -0.15) is 5.10 Å². The first kappa shape index (κ1) is 16.5. The van der Waals surface area contributed by atoms with Gasteiger partial charge in [-0.1, -0.05) is 49.7 Å². The van der Waals surface area contributed by atoms with E-state index in [4.69, 9.17) is 0 Å². The molecule has 0 aliphatic rings. The van der Waals surface area contributed by atoms with Crippen LogP contribution in [-0.2, 0) is 0 Å². The molecule has 0 fully saturated rings. The number of carbonyl (C=O) groups is 1. The molecule has 0 aliphatic heterocycles. The van der Waals surface area contributed by atoms with Gasteiger partial charge in [0, 0.05) is 16.0 Å². The number of nitrogens with one attached hydrogen (secondary N) is 2. The summed E-state index contributed by atoms with van der Waals surface area (Å²) in [6, 6.07) is 14.0. The summed E-state index contributed by atoms with van der Waals surface area (Å²) in [5, 5.41) is 12.4. The van der Waals surface area contributed by atoms with Gasteiger partial charge in [0.05, 0.1) is 11.7 Å². The van der Waals surface area contributed by atoms with E-state index >= 15 is 0 Å². The lowest BCUT2D eigenvalue weighted by Gasteiger charge is -2.16. The number of amides is 1. The number of rotatable bonds is 6. The molecule has 3 aromatic rings. The fourth-order valence-electron chi connectivity index (χ4n) is 2.79. The fraction of sp³-hybridized carbons (Fsp3) is 0.263. The Kier molecular flexibility index (Phi) is 5.11. The van der Waals surface area contributed by atoms with E-state index in [9.17, 15) is 4.79 Å². The van der Waals surface area contributed by atoms with Gasteiger partial charge in [0.25, 0.3) is 5.91 Å². The van der Waals surface area contributed by atoms with E-state index in [-0.39, 0.29) is 11.9 Å². The van der Waals surface area contributed by atoms with E-state index < -0.39 is 0 Å². The molecule has 4 nitrogen and oxygen atoms in total. The largest absolute Gasteiger partial charge is 0.343 e. The van der Waals surface area contributed by atoms with E-state index in [2.05, 4.69) is 28.5 Å². The van der Waals surface area contributed by atoms with Crippen molar-refractivity contribution in [3.63, 3.8) is 0 Å². The van der Waals surface area contributed by atoms with Gasteiger partial charge in [0.15, 0.2) is 0 Å². The van der Waals surface area contributed by atoms with Crippen LogP contribution in [0.25, 0.3) is 11.3 Å². The molecule has 1 atom stereocenters. The molecular formula is C19H21N3OS. The predicted octanol–water partition coefficient (Wildman–Crippen LogP) is 4.72. The summed E-state index contributed by atoms with van der Waals surface area (Å²) in [6.45, 7) is 4.06. The highest BCUT2D eigenvalue weighted by molar-refractivity contribution is 7.10. The fourth-order valence-corrected chi connectivity index (χ4v) is 3.60. The lowest BCUT2D eigenvalue weighted by molar-refractivity contribution is 0.0929. The number of nitrogens with zero attached hydrogens (tertiary/aromatic N) is 1. The highest BCUT2D eigenvalue weighted by atomic mass is 32.1. The van der Waals surface area contributed by atoms with Crippen LogP contribution in [0.2, 0.25) is 0 Å². The van der Waals surface area contributed by atoms with Crippen molar-refractivity contribution in [2.75, 3.05) is 0 Å². The molecule has 0 saturated heterocycles. The third kappa shape index (κ3) is 3.41. The van der Waals surface area contributed by atoms with Crippen LogP contribution in [0.5, 0.6) is 0 Å². The molecule has 5 heteroatoms. The molecule has 0 saturated carbocycles. The maximum absolute atomic E-state index is 12.7. The zero-order valence-electron chi connectivity index (χ0n) is 13.9. The van der Waals surface area contributed by atoms with E-state index in [1.165, 1.54) is 4.88 Å². The zero-order valence-corrected chi connectivity index (χ0v) is 14.7. The Labute approximate surface area is 145 Å². The average Bonchev–Trinajstić information content (AvgIpc) is 3.25. The first-order valence-corrected chi connectivity index (χ1v) is 9.03. The molecule has 1 amide bonds. The minimum absolute atomic E-state index is 0.0466. The number of benzene rings is 1. The molecular weight excluding hydrogens is 318 g/mol. The Morgan fingerprint density at radius 2 is 2.04 bits per heavy atom. The SMILES string of the molecule is CCC[C@@H](NC(=O)c1[nH]nc(-c2ccccc2)c1C)c1cccs1. The van der Waals surface area contributed by atoms with E-state index in [0.717, 1.165) is 29.7 Å². The summed E-state index contributed by atoms with van der Waals surface area (Å²) < 4.78 is 0. The van der Waals surface area contributed by atoms with Crippen molar-refractivity contribution in [2.45, 2.75) is 32.7 Å². The first-order valence-electron chi connectivity index (χ1n) is 8.15. The summed E-state index contributed by atoms with van der Waals surface area (Å²) in [6.07, 6.45) is 1.94. The third-order valence-electron chi connectivity index (χ3n) is 4.05. The van der Waals surface area contributed by atoms with Crippen LogP contribution in [0.3, 0.4) is 0 Å². The summed E-state index contributed by atoms with van der Waals surface area (Å²) in [7, 11) is 0. The highest BCUT2D eigenvalue weighted by Gasteiger charge is 2.20.